The zero-order valence-electron chi connectivity index (χ0n) is 13.5. The Morgan fingerprint density at radius 2 is 2.08 bits per heavy atom. The maximum atomic E-state index is 13.9. The quantitative estimate of drug-likeness (QED) is 0.775. The van der Waals surface area contributed by atoms with Crippen molar-refractivity contribution in [3.8, 4) is 5.75 Å². The van der Waals surface area contributed by atoms with Gasteiger partial charge in [-0.05, 0) is 24.3 Å². The summed E-state index contributed by atoms with van der Waals surface area (Å²) in [6, 6.07) is 6.82. The van der Waals surface area contributed by atoms with Crippen LogP contribution in [0.1, 0.15) is 28.4 Å². The van der Waals surface area contributed by atoms with Gasteiger partial charge < -0.3 is 10.5 Å². The van der Waals surface area contributed by atoms with Crippen molar-refractivity contribution in [2.75, 3.05) is 12.8 Å². The molecule has 0 radical (unpaired) electrons. The van der Waals surface area contributed by atoms with Crippen LogP contribution in [0, 0.1) is 5.82 Å². The minimum Gasteiger partial charge on any atom is -0.493 e. The predicted octanol–water partition coefficient (Wildman–Crippen LogP) is 2.97. The molecule has 0 bridgehead atoms. The minimum atomic E-state index is -2.80. The summed E-state index contributed by atoms with van der Waals surface area (Å²) in [4.78, 5) is 17.0. The average molecular weight is 362 g/mol. The van der Waals surface area contributed by atoms with Crippen LogP contribution in [-0.2, 0) is 0 Å². The molecule has 1 atom stereocenters. The molecule has 26 heavy (non-hydrogen) atoms. The van der Waals surface area contributed by atoms with Crippen LogP contribution in [0.3, 0.4) is 0 Å². The number of anilines is 1. The Bertz CT molecular complexity index is 1050. The molecule has 1 aliphatic carbocycles. The Morgan fingerprint density at radius 3 is 2.73 bits per heavy atom. The molecule has 2 heterocycles. The van der Waals surface area contributed by atoms with Gasteiger partial charge >= 0.3 is 0 Å². The van der Waals surface area contributed by atoms with Crippen LogP contribution in [0.5, 0.6) is 5.75 Å². The molecule has 0 spiro atoms. The summed E-state index contributed by atoms with van der Waals surface area (Å²) in [6.07, 6.45) is -0.291. The lowest BCUT2D eigenvalue weighted by Gasteiger charge is -2.08. The number of ether oxygens (including phenoxy) is 1. The number of fused-ring (bicyclic) bond motifs is 1. The van der Waals surface area contributed by atoms with E-state index < -0.39 is 23.6 Å². The zero-order chi connectivity index (χ0) is 18.6. The number of nitrogen functional groups attached to an aromatic ring is 1. The second-order valence-corrected chi connectivity index (χ2v) is 6.05. The van der Waals surface area contributed by atoms with E-state index >= 15 is 0 Å². The number of carbonyl (C=O) groups is 1. The molecule has 1 aromatic carbocycles. The van der Waals surface area contributed by atoms with Gasteiger partial charge in [-0.1, -0.05) is 6.07 Å². The summed E-state index contributed by atoms with van der Waals surface area (Å²) in [5, 5.41) is 4.29. The number of nitrogens with zero attached hydrogens (tertiary/aromatic N) is 3. The number of carbonyl (C=O) groups excluding carboxylic acids is 1. The number of nitrogens with two attached hydrogens (primary N) is 1. The fourth-order valence-electron chi connectivity index (χ4n) is 2.90. The highest BCUT2D eigenvalue weighted by Crippen LogP contribution is 2.55. The first-order valence-electron chi connectivity index (χ1n) is 7.73. The number of halogens is 3. The molecule has 1 aliphatic rings. The molecular formula is C17H13F3N4O2. The van der Waals surface area contributed by atoms with Gasteiger partial charge in [-0.15, -0.1) is 5.10 Å². The van der Waals surface area contributed by atoms with Crippen LogP contribution >= 0.6 is 0 Å². The first-order valence-corrected chi connectivity index (χ1v) is 7.73. The summed E-state index contributed by atoms with van der Waals surface area (Å²) in [5.41, 5.74) is 5.92. The van der Waals surface area contributed by atoms with Crippen LogP contribution in [0.4, 0.5) is 19.0 Å². The molecule has 4 rings (SSSR count). The van der Waals surface area contributed by atoms with Crippen LogP contribution in [0.25, 0.3) is 11.0 Å². The van der Waals surface area contributed by atoms with E-state index in [1.54, 1.807) is 0 Å². The van der Waals surface area contributed by atoms with Crippen LogP contribution in [-0.4, -0.2) is 33.7 Å². The van der Waals surface area contributed by atoms with Gasteiger partial charge in [0, 0.05) is 6.42 Å². The largest absolute Gasteiger partial charge is 0.493 e. The van der Waals surface area contributed by atoms with Gasteiger partial charge in [0.05, 0.1) is 29.7 Å². The van der Waals surface area contributed by atoms with E-state index in [1.807, 2.05) is 0 Å². The van der Waals surface area contributed by atoms with Crippen molar-refractivity contribution in [3.63, 3.8) is 0 Å². The van der Waals surface area contributed by atoms with Crippen LogP contribution in [0.15, 0.2) is 30.3 Å². The molecule has 2 N–H and O–H groups in total. The smallest absolute Gasteiger partial charge is 0.284 e. The molecule has 1 saturated carbocycles. The van der Waals surface area contributed by atoms with Gasteiger partial charge in [-0.3, -0.25) is 4.79 Å². The third kappa shape index (κ3) is 2.39. The number of benzene rings is 1. The van der Waals surface area contributed by atoms with Crippen molar-refractivity contribution < 1.29 is 22.7 Å². The van der Waals surface area contributed by atoms with E-state index in [-0.39, 0.29) is 34.9 Å². The van der Waals surface area contributed by atoms with Gasteiger partial charge in [0.15, 0.2) is 23.0 Å². The predicted molar refractivity (Wildman–Crippen MR) is 86.9 cm³/mol. The van der Waals surface area contributed by atoms with E-state index in [9.17, 15) is 18.0 Å². The Hall–Kier alpha value is -3.10. The lowest BCUT2D eigenvalue weighted by molar-refractivity contribution is 0.0946. The van der Waals surface area contributed by atoms with E-state index in [0.717, 1.165) is 10.7 Å². The lowest BCUT2D eigenvalue weighted by Crippen LogP contribution is -2.16. The highest BCUT2D eigenvalue weighted by Gasteiger charge is 2.58. The molecule has 0 aliphatic heterocycles. The number of hydrogen-bond acceptors (Lipinski definition) is 5. The zero-order valence-corrected chi connectivity index (χ0v) is 13.5. The van der Waals surface area contributed by atoms with Gasteiger partial charge in [-0.2, -0.15) is 4.68 Å². The fourth-order valence-corrected chi connectivity index (χ4v) is 2.90. The summed E-state index contributed by atoms with van der Waals surface area (Å²) in [5.74, 6) is -5.46. The normalized spacial score (nSPS) is 18.1. The fraction of sp³-hybridized carbons (Fsp3) is 0.235. The second kappa shape index (κ2) is 5.45. The first kappa shape index (κ1) is 16.4. The van der Waals surface area contributed by atoms with Crippen LogP contribution in [0.2, 0.25) is 0 Å². The Labute approximate surface area is 145 Å². The maximum absolute atomic E-state index is 13.9. The third-order valence-corrected chi connectivity index (χ3v) is 4.36. The van der Waals surface area contributed by atoms with Crippen molar-refractivity contribution >= 4 is 22.8 Å². The van der Waals surface area contributed by atoms with Crippen LogP contribution < -0.4 is 10.5 Å². The van der Waals surface area contributed by atoms with E-state index in [1.165, 1.54) is 31.4 Å². The van der Waals surface area contributed by atoms with Gasteiger partial charge in [0.25, 0.3) is 11.8 Å². The highest BCUT2D eigenvalue weighted by molar-refractivity contribution is 6.04. The second-order valence-electron chi connectivity index (χ2n) is 6.05. The molecule has 134 valence electrons. The molecule has 3 aromatic rings. The molecule has 9 heteroatoms. The van der Waals surface area contributed by atoms with Crippen molar-refractivity contribution in [2.24, 2.45) is 0 Å². The molecular weight excluding hydrogens is 349 g/mol. The minimum absolute atomic E-state index is 0.0188. The van der Waals surface area contributed by atoms with Crippen molar-refractivity contribution in [2.45, 2.75) is 18.3 Å². The van der Waals surface area contributed by atoms with Crippen molar-refractivity contribution in [1.29, 1.82) is 0 Å². The maximum Gasteiger partial charge on any atom is 0.284 e. The Morgan fingerprint density at radius 1 is 1.35 bits per heavy atom. The molecule has 0 saturated heterocycles. The summed E-state index contributed by atoms with van der Waals surface area (Å²) >= 11 is 0. The molecule has 0 amide bonds. The van der Waals surface area contributed by atoms with E-state index in [2.05, 4.69) is 10.1 Å². The molecule has 1 fully saturated rings. The van der Waals surface area contributed by atoms with Crippen molar-refractivity contribution in [3.05, 3.63) is 47.4 Å². The van der Waals surface area contributed by atoms with Crippen molar-refractivity contribution in [1.82, 2.24) is 14.8 Å². The topological polar surface area (TPSA) is 83.0 Å². The number of pyridine rings is 1. The SMILES string of the molecule is COc1c(F)cccc1C(=O)n1nc(N)c2ccc(C3CC3(F)F)nc21. The van der Waals surface area contributed by atoms with E-state index in [4.69, 9.17) is 10.5 Å². The highest BCUT2D eigenvalue weighted by atomic mass is 19.3. The monoisotopic (exact) mass is 362 g/mol. The Balaban J connectivity index is 1.85. The molecule has 6 nitrogen and oxygen atoms in total. The number of para-hydroxylation sites is 1. The first-order chi connectivity index (χ1) is 12.3. The molecule has 2 aromatic heterocycles. The van der Waals surface area contributed by atoms with Gasteiger partial charge in [0.2, 0.25) is 0 Å². The summed E-state index contributed by atoms with van der Waals surface area (Å²) in [6.45, 7) is 0. The van der Waals surface area contributed by atoms with Gasteiger partial charge in [-0.25, -0.2) is 18.2 Å². The number of hydrogen-bond donors (Lipinski definition) is 1. The Kier molecular flexibility index (Phi) is 3.43. The standard InChI is InChI=1S/C17H13F3N4O2/c1-26-13-8(3-2-4-11(13)18)16(25)24-15-9(14(21)23-24)5-6-12(22-15)10-7-17(10,19)20/h2-6,10H,7H2,1H3,(H2,21,23). The van der Waals surface area contributed by atoms with Gasteiger partial charge in [0.1, 0.15) is 0 Å². The summed E-state index contributed by atoms with van der Waals surface area (Å²) in [7, 11) is 1.23. The average Bonchev–Trinajstić information content (AvgIpc) is 3.13. The lowest BCUT2D eigenvalue weighted by atomic mass is 10.1. The number of aromatic nitrogens is 3. The number of methoxy groups -OCH3 is 1. The molecule has 1 unspecified atom stereocenters. The number of rotatable bonds is 3. The number of alkyl halides is 2. The van der Waals surface area contributed by atoms with E-state index in [0.29, 0.717) is 5.39 Å². The third-order valence-electron chi connectivity index (χ3n) is 4.36. The summed E-state index contributed by atoms with van der Waals surface area (Å²) < 4.78 is 46.4.